The van der Waals surface area contributed by atoms with Crippen LogP contribution in [0.4, 0.5) is 11.6 Å². The SMILES string of the molecule is CN(C(=O)c1ccccc1)c1ccc2c(c1)nc(NC(=O)c1ccc(-c3nn[nH]n3)s1)n2CC(C)(C)O. The number of thiophene rings is 1. The van der Waals surface area contributed by atoms with E-state index >= 15 is 0 Å². The number of hydrogen-bond donors (Lipinski definition) is 3. The van der Waals surface area contributed by atoms with Crippen LogP contribution in [0.2, 0.25) is 0 Å². The minimum absolute atomic E-state index is 0.153. The summed E-state index contributed by atoms with van der Waals surface area (Å²) in [5.74, 6) is 0.175. The second kappa shape index (κ2) is 9.56. The Kier molecular flexibility index (Phi) is 6.27. The number of nitrogens with one attached hydrogen (secondary N) is 2. The number of carbonyl (C=O) groups is 2. The van der Waals surface area contributed by atoms with Crippen LogP contribution in [0.5, 0.6) is 0 Å². The summed E-state index contributed by atoms with van der Waals surface area (Å²) in [6.07, 6.45) is 0. The van der Waals surface area contributed by atoms with E-state index in [1.54, 1.807) is 60.7 Å². The largest absolute Gasteiger partial charge is 0.389 e. The molecular formula is C25H24N8O3S. The molecule has 0 saturated carbocycles. The summed E-state index contributed by atoms with van der Waals surface area (Å²) in [4.78, 5) is 33.3. The number of anilines is 2. The summed E-state index contributed by atoms with van der Waals surface area (Å²) in [6.45, 7) is 3.55. The molecule has 3 heterocycles. The minimum atomic E-state index is -1.07. The van der Waals surface area contributed by atoms with Gasteiger partial charge in [0, 0.05) is 18.3 Å². The van der Waals surface area contributed by atoms with Crippen LogP contribution in [0.3, 0.4) is 0 Å². The lowest BCUT2D eigenvalue weighted by Crippen LogP contribution is -2.27. The molecule has 0 aliphatic heterocycles. The summed E-state index contributed by atoms with van der Waals surface area (Å²) in [5, 5.41) is 27.2. The van der Waals surface area contributed by atoms with Gasteiger partial charge in [0.2, 0.25) is 11.8 Å². The zero-order chi connectivity index (χ0) is 26.2. The maximum atomic E-state index is 13.1. The summed E-state index contributed by atoms with van der Waals surface area (Å²) < 4.78 is 1.75. The third-order valence-corrected chi connectivity index (χ3v) is 6.69. The average Bonchev–Trinajstić information content (AvgIpc) is 3.63. The Morgan fingerprint density at radius 1 is 1.14 bits per heavy atom. The zero-order valence-electron chi connectivity index (χ0n) is 20.3. The first kappa shape index (κ1) is 24.3. The van der Waals surface area contributed by atoms with Gasteiger partial charge in [0.15, 0.2) is 0 Å². The molecule has 11 nitrogen and oxygen atoms in total. The van der Waals surface area contributed by atoms with Crippen LogP contribution in [0.15, 0.2) is 60.7 Å². The van der Waals surface area contributed by atoms with Crippen molar-refractivity contribution in [2.45, 2.75) is 26.0 Å². The number of benzene rings is 2. The molecule has 3 aromatic heterocycles. The number of aromatic nitrogens is 6. The van der Waals surface area contributed by atoms with E-state index in [0.717, 1.165) is 0 Å². The summed E-state index contributed by atoms with van der Waals surface area (Å²) in [7, 11) is 1.70. The molecule has 0 atom stereocenters. The van der Waals surface area contributed by atoms with Gasteiger partial charge in [-0.05, 0) is 61.5 Å². The first-order valence-corrected chi connectivity index (χ1v) is 12.2. The zero-order valence-corrected chi connectivity index (χ0v) is 21.2. The number of hydrogen-bond acceptors (Lipinski definition) is 8. The molecule has 0 saturated heterocycles. The topological polar surface area (TPSA) is 142 Å². The molecule has 0 bridgehead atoms. The summed E-state index contributed by atoms with van der Waals surface area (Å²) in [5.41, 5.74) is 1.43. The first-order chi connectivity index (χ1) is 17.7. The van der Waals surface area contributed by atoms with E-state index in [1.807, 2.05) is 30.3 Å². The van der Waals surface area contributed by atoms with E-state index in [2.05, 4.69) is 30.9 Å². The van der Waals surface area contributed by atoms with Crippen LogP contribution in [-0.4, -0.2) is 59.7 Å². The highest BCUT2D eigenvalue weighted by molar-refractivity contribution is 7.17. The standard InChI is InChI=1S/C25H24N8O3S/c1-25(2,36)14-33-18-10-9-16(32(3)23(35)15-7-5-4-6-8-15)13-17(18)26-24(33)27-22(34)20-12-11-19(37-20)21-28-30-31-29-21/h4-13,36H,14H2,1-3H3,(H,26,27,34)(H,28,29,30,31). The van der Waals surface area contributed by atoms with E-state index in [-0.39, 0.29) is 24.3 Å². The average molecular weight is 517 g/mol. The number of aromatic amines is 1. The van der Waals surface area contributed by atoms with Gasteiger partial charge >= 0.3 is 0 Å². The monoisotopic (exact) mass is 516 g/mol. The molecule has 5 aromatic rings. The van der Waals surface area contributed by atoms with Crippen molar-refractivity contribution in [2.75, 3.05) is 17.3 Å². The van der Waals surface area contributed by atoms with Crippen LogP contribution < -0.4 is 10.2 Å². The molecule has 0 aliphatic rings. The Balaban J connectivity index is 1.46. The van der Waals surface area contributed by atoms with Gasteiger partial charge in [0.1, 0.15) is 0 Å². The van der Waals surface area contributed by atoms with Crippen molar-refractivity contribution in [3.05, 3.63) is 71.1 Å². The lowest BCUT2D eigenvalue weighted by atomic mass is 10.1. The molecule has 2 aromatic carbocycles. The molecule has 3 N–H and O–H groups in total. The van der Waals surface area contributed by atoms with E-state index in [9.17, 15) is 14.7 Å². The van der Waals surface area contributed by atoms with Gasteiger partial charge in [0.05, 0.1) is 32.9 Å². The van der Waals surface area contributed by atoms with Gasteiger partial charge < -0.3 is 14.6 Å². The van der Waals surface area contributed by atoms with Crippen molar-refractivity contribution in [1.82, 2.24) is 30.2 Å². The molecule has 12 heteroatoms. The van der Waals surface area contributed by atoms with Crippen LogP contribution in [0, 0.1) is 0 Å². The first-order valence-electron chi connectivity index (χ1n) is 11.4. The molecule has 5 rings (SSSR count). The van der Waals surface area contributed by atoms with Gasteiger partial charge in [-0.1, -0.05) is 18.2 Å². The van der Waals surface area contributed by atoms with Gasteiger partial charge in [-0.15, -0.1) is 21.5 Å². The van der Waals surface area contributed by atoms with Crippen molar-refractivity contribution in [3.8, 4) is 10.7 Å². The maximum Gasteiger partial charge on any atom is 0.268 e. The fourth-order valence-electron chi connectivity index (χ4n) is 3.87. The number of imidazole rings is 1. The highest BCUT2D eigenvalue weighted by atomic mass is 32.1. The van der Waals surface area contributed by atoms with Crippen molar-refractivity contribution in [1.29, 1.82) is 0 Å². The Morgan fingerprint density at radius 2 is 1.92 bits per heavy atom. The van der Waals surface area contributed by atoms with Crippen LogP contribution in [0.25, 0.3) is 21.7 Å². The number of tetrazole rings is 1. The number of rotatable bonds is 7. The second-order valence-electron chi connectivity index (χ2n) is 9.09. The van der Waals surface area contributed by atoms with Gasteiger partial charge in [-0.3, -0.25) is 14.9 Å². The lowest BCUT2D eigenvalue weighted by molar-refractivity contribution is 0.0630. The Morgan fingerprint density at radius 3 is 2.62 bits per heavy atom. The summed E-state index contributed by atoms with van der Waals surface area (Å²) >= 11 is 1.22. The smallest absolute Gasteiger partial charge is 0.268 e. The van der Waals surface area contributed by atoms with Crippen molar-refractivity contribution < 1.29 is 14.7 Å². The molecule has 0 fully saturated rings. The van der Waals surface area contributed by atoms with E-state index in [1.165, 1.54) is 11.3 Å². The number of H-pyrrole nitrogens is 1. The highest BCUT2D eigenvalue weighted by Gasteiger charge is 2.23. The molecule has 0 radical (unpaired) electrons. The van der Waals surface area contributed by atoms with Gasteiger partial charge in [-0.2, -0.15) is 5.21 Å². The third kappa shape index (κ3) is 5.10. The molecule has 0 aliphatic carbocycles. The fourth-order valence-corrected chi connectivity index (χ4v) is 4.70. The van der Waals surface area contributed by atoms with E-state index in [0.29, 0.717) is 37.9 Å². The van der Waals surface area contributed by atoms with E-state index < -0.39 is 5.60 Å². The predicted octanol–water partition coefficient (Wildman–Crippen LogP) is 3.58. The summed E-state index contributed by atoms with van der Waals surface area (Å²) in [6, 6.07) is 17.9. The van der Waals surface area contributed by atoms with Crippen LogP contribution in [0.1, 0.15) is 33.9 Å². The Bertz CT molecular complexity index is 1570. The molecule has 0 spiro atoms. The maximum absolute atomic E-state index is 13.1. The number of amides is 2. The molecular weight excluding hydrogens is 492 g/mol. The lowest BCUT2D eigenvalue weighted by Gasteiger charge is -2.20. The van der Waals surface area contributed by atoms with Gasteiger partial charge in [0.25, 0.3) is 11.8 Å². The normalized spacial score (nSPS) is 11.6. The molecule has 2 amide bonds. The van der Waals surface area contributed by atoms with Crippen LogP contribution in [-0.2, 0) is 6.54 Å². The predicted molar refractivity (Wildman–Crippen MR) is 141 cm³/mol. The molecule has 188 valence electrons. The Labute approximate surface area is 215 Å². The van der Waals surface area contributed by atoms with E-state index in [4.69, 9.17) is 0 Å². The number of fused-ring (bicyclic) bond motifs is 1. The Hall–Kier alpha value is -4.42. The number of carbonyl (C=O) groups excluding carboxylic acids is 2. The number of aliphatic hydroxyl groups is 1. The fraction of sp³-hybridized carbons (Fsp3) is 0.200. The van der Waals surface area contributed by atoms with Crippen LogP contribution >= 0.6 is 11.3 Å². The number of nitrogens with zero attached hydrogens (tertiary/aromatic N) is 6. The molecule has 37 heavy (non-hydrogen) atoms. The van der Waals surface area contributed by atoms with Crippen molar-refractivity contribution >= 4 is 45.8 Å². The van der Waals surface area contributed by atoms with Crippen molar-refractivity contribution in [3.63, 3.8) is 0 Å². The minimum Gasteiger partial charge on any atom is -0.389 e. The van der Waals surface area contributed by atoms with Gasteiger partial charge in [-0.25, -0.2) is 4.98 Å². The third-order valence-electron chi connectivity index (χ3n) is 5.61. The molecule has 0 unspecified atom stereocenters. The highest BCUT2D eigenvalue weighted by Crippen LogP contribution is 2.29. The second-order valence-corrected chi connectivity index (χ2v) is 10.2. The van der Waals surface area contributed by atoms with Crippen molar-refractivity contribution in [2.24, 2.45) is 0 Å². The quantitative estimate of drug-likeness (QED) is 0.300.